The Hall–Kier alpha value is -2.80. The van der Waals surface area contributed by atoms with Crippen LogP contribution in [0.15, 0.2) is 30.4 Å². The summed E-state index contributed by atoms with van der Waals surface area (Å²) in [7, 11) is 0. The summed E-state index contributed by atoms with van der Waals surface area (Å²) in [6, 6.07) is 2.61. The summed E-state index contributed by atoms with van der Waals surface area (Å²) >= 11 is 2.54. The fourth-order valence-corrected chi connectivity index (χ4v) is 2.01. The van der Waals surface area contributed by atoms with Crippen molar-refractivity contribution in [3.05, 3.63) is 50.6 Å². The van der Waals surface area contributed by atoms with Crippen molar-refractivity contribution in [2.24, 2.45) is 11.5 Å². The monoisotopic (exact) mass is 388 g/mol. The van der Waals surface area contributed by atoms with Gasteiger partial charge in [-0.1, -0.05) is 35.7 Å². The van der Waals surface area contributed by atoms with Gasteiger partial charge in [-0.05, 0) is 6.07 Å². The van der Waals surface area contributed by atoms with E-state index in [1.807, 2.05) is 12.2 Å². The van der Waals surface area contributed by atoms with Gasteiger partial charge in [0.15, 0.2) is 16.1 Å². The predicted molar refractivity (Wildman–Crippen MR) is 99.3 cm³/mol. The number of non-ortho nitro benzene ring substituents is 1. The Morgan fingerprint density at radius 2 is 1.56 bits per heavy atom. The molecular weight excluding hydrogens is 372 g/mol. The Balaban J connectivity index is 0.000000463. The van der Waals surface area contributed by atoms with Crippen LogP contribution in [0, 0.1) is 31.0 Å². The van der Waals surface area contributed by atoms with Crippen LogP contribution in [0.25, 0.3) is 0 Å². The van der Waals surface area contributed by atoms with Crippen molar-refractivity contribution in [1.29, 1.82) is 10.8 Å². The number of aromatic hydroxyl groups is 1. The minimum absolute atomic E-state index is 0.124. The molecule has 0 bridgehead atoms. The second-order valence-electron chi connectivity index (χ2n) is 4.01. The molecule has 11 nitrogen and oxygen atoms in total. The summed E-state index contributed by atoms with van der Waals surface area (Å²) in [5, 5.41) is 43.4. The van der Waals surface area contributed by atoms with Crippen LogP contribution in [0.4, 0.5) is 11.4 Å². The number of phenolic OH excluding ortho intramolecular Hbond substituents is 1. The molecule has 0 saturated heterocycles. The Morgan fingerprint density at radius 3 is 1.92 bits per heavy atom. The predicted octanol–water partition coefficient (Wildman–Crippen LogP) is 2.00. The number of nitrogens with zero attached hydrogens (tertiary/aromatic N) is 2. The van der Waals surface area contributed by atoms with E-state index in [0.29, 0.717) is 17.6 Å². The van der Waals surface area contributed by atoms with Gasteiger partial charge in [0.25, 0.3) is 5.69 Å². The van der Waals surface area contributed by atoms with Crippen LogP contribution in [0.2, 0.25) is 0 Å². The van der Waals surface area contributed by atoms with Gasteiger partial charge in [-0.2, -0.15) is 0 Å². The molecule has 0 radical (unpaired) electrons. The lowest BCUT2D eigenvalue weighted by Gasteiger charge is -1.94. The van der Waals surface area contributed by atoms with E-state index in [9.17, 15) is 20.2 Å². The van der Waals surface area contributed by atoms with Crippen LogP contribution < -0.4 is 11.5 Å². The molecule has 0 aliphatic rings. The van der Waals surface area contributed by atoms with Crippen molar-refractivity contribution in [3.8, 4) is 5.75 Å². The van der Waals surface area contributed by atoms with Crippen LogP contribution in [-0.2, 0) is 0 Å². The summed E-state index contributed by atoms with van der Waals surface area (Å²) in [6.07, 6.45) is 3.81. The second kappa shape index (κ2) is 11.7. The number of nitro groups is 2. The first-order valence-corrected chi connectivity index (χ1v) is 8.32. The molecule has 7 N–H and O–H groups in total. The smallest absolute Gasteiger partial charge is 0.317 e. The van der Waals surface area contributed by atoms with Gasteiger partial charge in [-0.3, -0.25) is 31.0 Å². The average molecular weight is 388 g/mol. The number of hydrogen-bond acceptors (Lipinski definition) is 9. The normalized spacial score (nSPS) is 9.92. The van der Waals surface area contributed by atoms with Gasteiger partial charge in [0, 0.05) is 17.6 Å². The third-order valence-corrected chi connectivity index (χ3v) is 3.54. The zero-order valence-corrected chi connectivity index (χ0v) is 14.4. The molecule has 0 spiro atoms. The number of rotatable bonds is 6. The molecule has 136 valence electrons. The zero-order chi connectivity index (χ0) is 19.4. The van der Waals surface area contributed by atoms with Gasteiger partial charge in [0.2, 0.25) is 0 Å². The van der Waals surface area contributed by atoms with E-state index in [-0.39, 0.29) is 10.3 Å². The number of thioether (sulfide) groups is 2. The van der Waals surface area contributed by atoms with Gasteiger partial charge in [-0.25, -0.2) is 0 Å². The van der Waals surface area contributed by atoms with E-state index in [1.54, 1.807) is 0 Å². The SMILES string of the molecule is N=C(N)SC/C=C/CSC(=N)N.O=[N+]([O-])c1ccc(O)c([N+](=O)[O-])c1. The lowest BCUT2D eigenvalue weighted by atomic mass is 10.2. The number of nitro benzene ring substituents is 2. The van der Waals surface area contributed by atoms with Crippen molar-refractivity contribution in [3.63, 3.8) is 0 Å². The fraction of sp³-hybridized carbons (Fsp3) is 0.167. The van der Waals surface area contributed by atoms with Crippen LogP contribution >= 0.6 is 23.5 Å². The highest BCUT2D eigenvalue weighted by molar-refractivity contribution is 8.14. The van der Waals surface area contributed by atoms with Gasteiger partial charge < -0.3 is 16.6 Å². The number of amidine groups is 2. The van der Waals surface area contributed by atoms with Crippen molar-refractivity contribution in [2.45, 2.75) is 0 Å². The first-order chi connectivity index (χ1) is 11.6. The molecule has 0 heterocycles. The topological polar surface area (TPSA) is 206 Å². The quantitative estimate of drug-likeness (QED) is 0.158. The molecule has 0 saturated carbocycles. The molecule has 0 fully saturated rings. The molecule has 0 unspecified atom stereocenters. The first kappa shape index (κ1) is 22.2. The highest BCUT2D eigenvalue weighted by atomic mass is 32.2. The molecule has 0 aliphatic heterocycles. The van der Waals surface area contributed by atoms with Crippen LogP contribution in [0.3, 0.4) is 0 Å². The standard InChI is InChI=1S/C6H12N4S2.C6H4N2O5/c7-5(8)11-3-1-2-4-12-6(9)10;9-6-2-1-4(7(10)11)3-5(6)8(12)13/h1-2H,3-4H2,(H3,7,8)(H3,9,10);1-3,9H/b2-1+;. The molecule has 0 aromatic heterocycles. The minimum Gasteiger partial charge on any atom is -0.502 e. The van der Waals surface area contributed by atoms with Crippen molar-refractivity contribution in [2.75, 3.05) is 11.5 Å². The van der Waals surface area contributed by atoms with E-state index in [0.717, 1.165) is 12.1 Å². The average Bonchev–Trinajstić information content (AvgIpc) is 2.50. The third kappa shape index (κ3) is 10.6. The van der Waals surface area contributed by atoms with Crippen LogP contribution in [0.5, 0.6) is 5.75 Å². The number of benzene rings is 1. The first-order valence-electron chi connectivity index (χ1n) is 6.35. The maximum atomic E-state index is 10.2. The number of phenols is 1. The summed E-state index contributed by atoms with van der Waals surface area (Å²) in [4.78, 5) is 18.7. The zero-order valence-electron chi connectivity index (χ0n) is 12.7. The van der Waals surface area contributed by atoms with Gasteiger partial charge in [0.1, 0.15) is 0 Å². The minimum atomic E-state index is -0.887. The Morgan fingerprint density at radius 1 is 1.08 bits per heavy atom. The molecular formula is C12H16N6O5S2. The Labute approximate surface area is 150 Å². The molecule has 1 rings (SSSR count). The second-order valence-corrected chi connectivity index (χ2v) is 6.13. The number of nitrogens with one attached hydrogen (secondary N) is 2. The number of nitrogens with two attached hydrogens (primary N) is 2. The Bertz CT molecular complexity index is 662. The van der Waals surface area contributed by atoms with E-state index < -0.39 is 27.0 Å². The van der Waals surface area contributed by atoms with E-state index >= 15 is 0 Å². The van der Waals surface area contributed by atoms with Gasteiger partial charge >= 0.3 is 5.69 Å². The maximum absolute atomic E-state index is 10.2. The van der Waals surface area contributed by atoms with E-state index in [4.69, 9.17) is 27.4 Å². The lowest BCUT2D eigenvalue weighted by Crippen LogP contribution is -2.04. The van der Waals surface area contributed by atoms with Crippen molar-refractivity contribution < 1.29 is 15.0 Å². The van der Waals surface area contributed by atoms with E-state index in [1.165, 1.54) is 23.5 Å². The fourth-order valence-electron chi connectivity index (χ4n) is 1.18. The van der Waals surface area contributed by atoms with Crippen molar-refractivity contribution >= 4 is 45.2 Å². The van der Waals surface area contributed by atoms with Crippen molar-refractivity contribution in [1.82, 2.24) is 0 Å². The highest BCUT2D eigenvalue weighted by Crippen LogP contribution is 2.29. The third-order valence-electron chi connectivity index (χ3n) is 2.20. The summed E-state index contributed by atoms with van der Waals surface area (Å²) in [5.41, 5.74) is 9.12. The molecule has 1 aromatic rings. The highest BCUT2D eigenvalue weighted by Gasteiger charge is 2.18. The molecule has 25 heavy (non-hydrogen) atoms. The summed E-state index contributed by atoms with van der Waals surface area (Å²) in [6.45, 7) is 0. The largest absolute Gasteiger partial charge is 0.502 e. The molecule has 1 aromatic carbocycles. The van der Waals surface area contributed by atoms with E-state index in [2.05, 4.69) is 0 Å². The maximum Gasteiger partial charge on any atom is 0.317 e. The molecule has 13 heteroatoms. The molecule has 0 atom stereocenters. The van der Waals surface area contributed by atoms with Gasteiger partial charge in [-0.15, -0.1) is 0 Å². The summed E-state index contributed by atoms with van der Waals surface area (Å²) in [5.74, 6) is 0.817. The molecule has 0 amide bonds. The van der Waals surface area contributed by atoms with Gasteiger partial charge in [0.05, 0.1) is 15.9 Å². The molecule has 0 aliphatic carbocycles. The Kier molecular flexibility index (Phi) is 10.4. The van der Waals surface area contributed by atoms with Crippen LogP contribution in [-0.4, -0.2) is 36.8 Å². The summed E-state index contributed by atoms with van der Waals surface area (Å²) < 4.78 is 0. The van der Waals surface area contributed by atoms with Crippen LogP contribution in [0.1, 0.15) is 0 Å². The lowest BCUT2D eigenvalue weighted by molar-refractivity contribution is -0.394. The number of hydrogen-bond donors (Lipinski definition) is 5.